The third kappa shape index (κ3) is 5.22. The summed E-state index contributed by atoms with van der Waals surface area (Å²) in [6, 6.07) is 5.22. The van der Waals surface area contributed by atoms with Gasteiger partial charge < -0.3 is 15.6 Å². The van der Waals surface area contributed by atoms with Gasteiger partial charge in [-0.2, -0.15) is 13.2 Å². The molecule has 11 heteroatoms. The molecule has 3 N–H and O–H groups in total. The third-order valence-electron chi connectivity index (χ3n) is 4.41. The van der Waals surface area contributed by atoms with Crippen LogP contribution in [0.2, 0.25) is 0 Å². The lowest BCUT2D eigenvalue weighted by molar-refractivity contribution is -0.140. The highest BCUT2D eigenvalue weighted by molar-refractivity contribution is 8.93. The van der Waals surface area contributed by atoms with Crippen LogP contribution < -0.4 is 10.6 Å². The van der Waals surface area contributed by atoms with Crippen molar-refractivity contribution in [1.29, 1.82) is 0 Å². The van der Waals surface area contributed by atoms with E-state index in [1.807, 2.05) is 11.4 Å². The number of fused-ring (bicyclic) bond motifs is 1. The summed E-state index contributed by atoms with van der Waals surface area (Å²) in [6.45, 7) is 1.84. The maximum atomic E-state index is 12.4. The van der Waals surface area contributed by atoms with Crippen LogP contribution in [0.3, 0.4) is 0 Å². The minimum atomic E-state index is -4.48. The number of amides is 1. The summed E-state index contributed by atoms with van der Waals surface area (Å²) < 4.78 is 37.2. The summed E-state index contributed by atoms with van der Waals surface area (Å²) >= 11 is 0. The molecule has 3 aromatic rings. The van der Waals surface area contributed by atoms with Crippen LogP contribution in [0, 0.1) is 0 Å². The first kappa shape index (κ1) is 22.6. The van der Waals surface area contributed by atoms with Crippen molar-refractivity contribution >= 4 is 39.7 Å². The molecular formula is C18H20BrF3N6O. The minimum absolute atomic E-state index is 0. The van der Waals surface area contributed by atoms with Gasteiger partial charge in [-0.25, -0.2) is 15.0 Å². The number of nitrogens with one attached hydrogen (secondary N) is 3. The molecular weight excluding hydrogens is 453 g/mol. The Balaban J connectivity index is 0.00000300. The predicted octanol–water partition coefficient (Wildman–Crippen LogP) is 3.86. The van der Waals surface area contributed by atoms with Crippen molar-refractivity contribution in [2.75, 3.05) is 11.9 Å². The molecule has 7 nitrogen and oxygen atoms in total. The second kappa shape index (κ2) is 8.76. The van der Waals surface area contributed by atoms with Crippen molar-refractivity contribution in [2.24, 2.45) is 0 Å². The molecule has 3 aromatic heterocycles. The van der Waals surface area contributed by atoms with Crippen molar-refractivity contribution in [1.82, 2.24) is 25.3 Å². The number of nitrogens with zero attached hydrogens (tertiary/aromatic N) is 3. The Morgan fingerprint density at radius 1 is 1.21 bits per heavy atom. The van der Waals surface area contributed by atoms with Gasteiger partial charge in [-0.1, -0.05) is 6.92 Å². The lowest BCUT2D eigenvalue weighted by atomic mass is 9.97. The highest BCUT2D eigenvalue weighted by Gasteiger charge is 2.35. The lowest BCUT2D eigenvalue weighted by Gasteiger charge is -2.29. The summed E-state index contributed by atoms with van der Waals surface area (Å²) in [5.74, 6) is -0.0306. The van der Waals surface area contributed by atoms with Crippen LogP contribution in [0.25, 0.3) is 22.4 Å². The van der Waals surface area contributed by atoms with E-state index in [0.717, 1.165) is 10.9 Å². The maximum Gasteiger partial charge on any atom is 0.405 e. The second-order valence-corrected chi connectivity index (χ2v) is 6.48. The molecule has 1 atom stereocenters. The number of pyridine rings is 1. The van der Waals surface area contributed by atoms with Crippen molar-refractivity contribution in [3.8, 4) is 11.4 Å². The number of aromatic nitrogens is 4. The van der Waals surface area contributed by atoms with Crippen molar-refractivity contribution in [3.63, 3.8) is 0 Å². The third-order valence-corrected chi connectivity index (χ3v) is 4.41. The molecule has 0 saturated carbocycles. The van der Waals surface area contributed by atoms with E-state index >= 15 is 0 Å². The number of carbonyl (C=O) groups excluding carboxylic acids is 1. The molecule has 0 unspecified atom stereocenters. The molecule has 0 aromatic carbocycles. The molecule has 3 heterocycles. The van der Waals surface area contributed by atoms with Crippen LogP contribution in [0.5, 0.6) is 0 Å². The van der Waals surface area contributed by atoms with Crippen LogP contribution in [-0.2, 0) is 4.79 Å². The molecule has 0 bridgehead atoms. The smallest absolute Gasteiger partial charge is 0.356 e. The molecule has 0 spiro atoms. The molecule has 0 fully saturated rings. The molecule has 156 valence electrons. The van der Waals surface area contributed by atoms with Gasteiger partial charge in [0.2, 0.25) is 5.91 Å². The van der Waals surface area contributed by atoms with Crippen LogP contribution in [0.1, 0.15) is 20.3 Å². The van der Waals surface area contributed by atoms with E-state index in [4.69, 9.17) is 0 Å². The standard InChI is InChI=1S/C18H19F3N6O.BrH/c1-3-17(2,16(28)25-10-18(19,20)21)27-13-6-8-23-15(26-13)12-9-24-14-11(12)5-4-7-22-14;/h4-9H,3,10H2,1-2H3,(H,22,24)(H,25,28)(H,23,26,27);1H/t17-;/m1./s1. The number of H-pyrrole nitrogens is 1. The Kier molecular flexibility index (Phi) is 6.83. The number of alkyl halides is 3. The topological polar surface area (TPSA) is 95.6 Å². The first-order chi connectivity index (χ1) is 13.2. The number of halogens is 4. The van der Waals surface area contributed by atoms with E-state index in [1.54, 1.807) is 31.5 Å². The Morgan fingerprint density at radius 2 is 1.97 bits per heavy atom. The summed E-state index contributed by atoms with van der Waals surface area (Å²) in [7, 11) is 0. The van der Waals surface area contributed by atoms with Gasteiger partial charge in [0.1, 0.15) is 23.5 Å². The van der Waals surface area contributed by atoms with Gasteiger partial charge in [0.15, 0.2) is 5.82 Å². The van der Waals surface area contributed by atoms with Crippen LogP contribution in [0.15, 0.2) is 36.8 Å². The Labute approximate surface area is 175 Å². The molecule has 0 radical (unpaired) electrons. The van der Waals surface area contributed by atoms with Crippen molar-refractivity contribution < 1.29 is 18.0 Å². The van der Waals surface area contributed by atoms with E-state index in [9.17, 15) is 18.0 Å². The van der Waals surface area contributed by atoms with Gasteiger partial charge >= 0.3 is 6.18 Å². The number of anilines is 1. The van der Waals surface area contributed by atoms with Gasteiger partial charge in [-0.15, -0.1) is 17.0 Å². The zero-order valence-electron chi connectivity index (χ0n) is 15.7. The Hall–Kier alpha value is -2.69. The van der Waals surface area contributed by atoms with Gasteiger partial charge in [0, 0.05) is 29.5 Å². The van der Waals surface area contributed by atoms with Crippen LogP contribution in [0.4, 0.5) is 19.0 Å². The number of hydrogen-bond donors (Lipinski definition) is 3. The fraction of sp³-hybridized carbons (Fsp3) is 0.333. The highest BCUT2D eigenvalue weighted by Crippen LogP contribution is 2.26. The van der Waals surface area contributed by atoms with Gasteiger partial charge in [-0.05, 0) is 31.5 Å². The van der Waals surface area contributed by atoms with Crippen LogP contribution >= 0.6 is 17.0 Å². The number of rotatable bonds is 6. The lowest BCUT2D eigenvalue weighted by Crippen LogP contribution is -2.52. The molecule has 0 aliphatic heterocycles. The first-order valence-electron chi connectivity index (χ1n) is 8.60. The average Bonchev–Trinajstić information content (AvgIpc) is 3.09. The number of hydrogen-bond acceptors (Lipinski definition) is 5. The SMILES string of the molecule is Br.CC[C@@](C)(Nc1ccnc(-c2c[nH]c3ncccc23)n1)C(=O)NCC(F)(F)F. The summed E-state index contributed by atoms with van der Waals surface area (Å²) in [4.78, 5) is 28.2. The summed E-state index contributed by atoms with van der Waals surface area (Å²) in [5, 5.41) is 5.69. The quantitative estimate of drug-likeness (QED) is 0.506. The Bertz CT molecular complexity index is 993. The fourth-order valence-corrected chi connectivity index (χ4v) is 2.66. The molecule has 29 heavy (non-hydrogen) atoms. The largest absolute Gasteiger partial charge is 0.405 e. The molecule has 0 saturated heterocycles. The van der Waals surface area contributed by atoms with Gasteiger partial charge in [-0.3, -0.25) is 4.79 Å². The van der Waals surface area contributed by atoms with E-state index in [0.29, 0.717) is 17.3 Å². The zero-order chi connectivity index (χ0) is 20.4. The number of aromatic amines is 1. The zero-order valence-corrected chi connectivity index (χ0v) is 17.4. The first-order valence-corrected chi connectivity index (χ1v) is 8.60. The molecule has 3 rings (SSSR count). The second-order valence-electron chi connectivity index (χ2n) is 6.48. The van der Waals surface area contributed by atoms with Crippen LogP contribution in [-0.4, -0.2) is 44.1 Å². The van der Waals surface area contributed by atoms with E-state index in [1.165, 1.54) is 13.1 Å². The summed E-state index contributed by atoms with van der Waals surface area (Å²) in [5.41, 5.74) is 0.148. The number of carbonyl (C=O) groups is 1. The molecule has 0 aliphatic rings. The van der Waals surface area contributed by atoms with E-state index in [-0.39, 0.29) is 23.4 Å². The summed E-state index contributed by atoms with van der Waals surface area (Å²) in [6.07, 6.45) is 0.686. The normalized spacial score (nSPS) is 13.4. The van der Waals surface area contributed by atoms with Gasteiger partial charge in [0.05, 0.1) is 0 Å². The molecule has 1 amide bonds. The minimum Gasteiger partial charge on any atom is -0.356 e. The molecule has 0 aliphatic carbocycles. The fourth-order valence-electron chi connectivity index (χ4n) is 2.66. The average molecular weight is 473 g/mol. The monoisotopic (exact) mass is 472 g/mol. The van der Waals surface area contributed by atoms with Gasteiger partial charge in [0.25, 0.3) is 0 Å². The predicted molar refractivity (Wildman–Crippen MR) is 109 cm³/mol. The van der Waals surface area contributed by atoms with Crippen molar-refractivity contribution in [3.05, 3.63) is 36.8 Å². The van der Waals surface area contributed by atoms with Crippen molar-refractivity contribution in [2.45, 2.75) is 32.0 Å². The van der Waals surface area contributed by atoms with E-state index < -0.39 is 24.2 Å². The van der Waals surface area contributed by atoms with E-state index in [2.05, 4.69) is 25.3 Å². The Morgan fingerprint density at radius 3 is 2.66 bits per heavy atom. The highest BCUT2D eigenvalue weighted by atomic mass is 79.9. The maximum absolute atomic E-state index is 12.4.